The van der Waals surface area contributed by atoms with Crippen LogP contribution in [0.5, 0.6) is 5.75 Å². The third kappa shape index (κ3) is 4.70. The van der Waals surface area contributed by atoms with Crippen LogP contribution < -0.4 is 15.4 Å². The topological polar surface area (TPSA) is 58.8 Å². The number of ether oxygens (including phenoxy) is 1. The molecule has 1 aromatic carbocycles. The zero-order valence-corrected chi connectivity index (χ0v) is 12.9. The summed E-state index contributed by atoms with van der Waals surface area (Å²) in [7, 11) is 5.22. The molecule has 110 valence electrons. The van der Waals surface area contributed by atoms with Gasteiger partial charge in [0.1, 0.15) is 5.75 Å². The second kappa shape index (κ2) is 7.69. The molecule has 0 atom stereocenters. The minimum atomic E-state index is 0.00894. The van der Waals surface area contributed by atoms with Gasteiger partial charge < -0.3 is 20.3 Å². The fourth-order valence-electron chi connectivity index (χ4n) is 1.76. The molecule has 20 heavy (non-hydrogen) atoms. The molecule has 6 heteroatoms. The van der Waals surface area contributed by atoms with Gasteiger partial charge in [-0.15, -0.1) is 0 Å². The van der Waals surface area contributed by atoms with Gasteiger partial charge in [0.05, 0.1) is 24.3 Å². The number of carbonyl (C=O) groups is 1. The molecule has 0 spiro atoms. The number of nitrogens with two attached hydrogens (primary N) is 1. The first kappa shape index (κ1) is 16.2. The lowest BCUT2D eigenvalue weighted by Gasteiger charge is -2.24. The molecule has 0 aliphatic carbocycles. The van der Waals surface area contributed by atoms with Crippen molar-refractivity contribution in [2.45, 2.75) is 6.42 Å². The number of benzene rings is 1. The minimum Gasteiger partial charge on any atom is -0.495 e. The number of methoxy groups -OCH3 is 1. The predicted octanol–water partition coefficient (Wildman–Crippen LogP) is 1.27. The zero-order chi connectivity index (χ0) is 15.1. The Balaban J connectivity index is 2.63. The molecule has 0 aliphatic rings. The van der Waals surface area contributed by atoms with Crippen molar-refractivity contribution < 1.29 is 9.53 Å². The Morgan fingerprint density at radius 3 is 2.60 bits per heavy atom. The molecular formula is C14H21N3O2S. The van der Waals surface area contributed by atoms with E-state index in [-0.39, 0.29) is 12.5 Å². The summed E-state index contributed by atoms with van der Waals surface area (Å²) in [5.41, 5.74) is 6.32. The molecule has 0 saturated heterocycles. The number of rotatable bonds is 7. The van der Waals surface area contributed by atoms with Crippen molar-refractivity contribution in [2.75, 3.05) is 39.2 Å². The van der Waals surface area contributed by atoms with E-state index in [0.29, 0.717) is 18.0 Å². The van der Waals surface area contributed by atoms with Crippen LogP contribution in [0.1, 0.15) is 6.42 Å². The van der Waals surface area contributed by atoms with E-state index in [0.717, 1.165) is 11.4 Å². The van der Waals surface area contributed by atoms with E-state index >= 15 is 0 Å². The maximum atomic E-state index is 12.1. The first-order chi connectivity index (χ1) is 9.45. The van der Waals surface area contributed by atoms with E-state index in [1.54, 1.807) is 19.1 Å². The molecule has 1 aromatic rings. The smallest absolute Gasteiger partial charge is 0.241 e. The Labute approximate surface area is 125 Å². The summed E-state index contributed by atoms with van der Waals surface area (Å²) < 4.78 is 5.29. The number of carbonyl (C=O) groups excluding carboxylic acids is 1. The van der Waals surface area contributed by atoms with Gasteiger partial charge in [-0.1, -0.05) is 24.4 Å². The molecule has 0 radical (unpaired) electrons. The average Bonchev–Trinajstić information content (AvgIpc) is 2.44. The highest BCUT2D eigenvalue weighted by Crippen LogP contribution is 2.26. The molecular weight excluding hydrogens is 274 g/mol. The number of hydrogen-bond acceptors (Lipinski definition) is 4. The first-order valence-corrected chi connectivity index (χ1v) is 6.73. The summed E-state index contributed by atoms with van der Waals surface area (Å²) in [4.78, 5) is 16.0. The maximum absolute atomic E-state index is 12.1. The normalized spacial score (nSPS) is 9.95. The number of thiocarbonyl (C=S) groups is 1. The molecule has 0 heterocycles. The van der Waals surface area contributed by atoms with E-state index in [1.807, 2.05) is 36.2 Å². The summed E-state index contributed by atoms with van der Waals surface area (Å²) in [6.07, 6.45) is 0.538. The second-order valence-corrected chi connectivity index (χ2v) is 5.08. The zero-order valence-electron chi connectivity index (χ0n) is 12.1. The Kier molecular flexibility index (Phi) is 6.24. The largest absolute Gasteiger partial charge is 0.495 e. The molecule has 5 nitrogen and oxygen atoms in total. The Hall–Kier alpha value is -1.82. The molecule has 0 aromatic heterocycles. The average molecular weight is 295 g/mol. The summed E-state index contributed by atoms with van der Waals surface area (Å²) in [5.74, 6) is 0.753. The highest BCUT2D eigenvalue weighted by molar-refractivity contribution is 7.80. The van der Waals surface area contributed by atoms with E-state index in [1.165, 1.54) is 0 Å². The third-order valence-corrected chi connectivity index (χ3v) is 3.19. The van der Waals surface area contributed by atoms with Crippen LogP contribution >= 0.6 is 12.2 Å². The number of amides is 1. The highest BCUT2D eigenvalue weighted by atomic mass is 32.1. The minimum absolute atomic E-state index is 0.00894. The summed E-state index contributed by atoms with van der Waals surface area (Å²) in [6.45, 7) is 0.808. The van der Waals surface area contributed by atoms with E-state index in [2.05, 4.69) is 0 Å². The molecule has 2 N–H and O–H groups in total. The van der Waals surface area contributed by atoms with E-state index in [9.17, 15) is 4.79 Å². The Morgan fingerprint density at radius 1 is 1.35 bits per heavy atom. The Morgan fingerprint density at radius 2 is 2.00 bits per heavy atom. The van der Waals surface area contributed by atoms with Gasteiger partial charge in [0.2, 0.25) is 5.91 Å². The standard InChI is InChI=1S/C14H21N3O2S/c1-16(9-8-13(15)20)14(18)10-17(2)11-6-4-5-7-12(11)19-3/h4-7H,8-10H2,1-3H3,(H2,15,20). The maximum Gasteiger partial charge on any atom is 0.241 e. The van der Waals surface area contributed by atoms with Gasteiger partial charge in [-0.05, 0) is 12.1 Å². The van der Waals surface area contributed by atoms with Crippen LogP contribution in [0.2, 0.25) is 0 Å². The van der Waals surface area contributed by atoms with Gasteiger partial charge in [0.25, 0.3) is 0 Å². The lowest BCUT2D eigenvalue weighted by atomic mass is 10.2. The van der Waals surface area contributed by atoms with E-state index < -0.39 is 0 Å². The number of likely N-dealkylation sites (N-methyl/N-ethyl adjacent to an activating group) is 2. The molecule has 0 unspecified atom stereocenters. The predicted molar refractivity (Wildman–Crippen MR) is 85.3 cm³/mol. The van der Waals surface area contributed by atoms with Crippen LogP contribution in [0, 0.1) is 0 Å². The van der Waals surface area contributed by atoms with Crippen LogP contribution in [0.15, 0.2) is 24.3 Å². The SMILES string of the molecule is COc1ccccc1N(C)CC(=O)N(C)CCC(N)=S. The van der Waals surface area contributed by atoms with Crippen molar-refractivity contribution in [3.05, 3.63) is 24.3 Å². The second-order valence-electron chi connectivity index (χ2n) is 4.56. The van der Waals surface area contributed by atoms with Gasteiger partial charge in [0.15, 0.2) is 0 Å². The van der Waals surface area contributed by atoms with Crippen LogP contribution in [-0.4, -0.2) is 50.1 Å². The number of para-hydroxylation sites is 2. The lowest BCUT2D eigenvalue weighted by molar-refractivity contribution is -0.128. The first-order valence-electron chi connectivity index (χ1n) is 6.32. The van der Waals surface area contributed by atoms with Gasteiger partial charge in [-0.2, -0.15) is 0 Å². The molecule has 0 fully saturated rings. The third-order valence-electron chi connectivity index (χ3n) is 2.99. The van der Waals surface area contributed by atoms with Gasteiger partial charge in [0, 0.05) is 27.1 Å². The Bertz CT molecular complexity index is 479. The molecule has 0 saturated carbocycles. The van der Waals surface area contributed by atoms with Crippen LogP contribution in [0.3, 0.4) is 0 Å². The summed E-state index contributed by atoms with van der Waals surface area (Å²) in [6, 6.07) is 7.59. The molecule has 1 amide bonds. The van der Waals surface area contributed by atoms with Crippen LogP contribution in [0.4, 0.5) is 5.69 Å². The van der Waals surface area contributed by atoms with Gasteiger partial charge >= 0.3 is 0 Å². The highest BCUT2D eigenvalue weighted by Gasteiger charge is 2.14. The molecule has 0 aliphatic heterocycles. The summed E-state index contributed by atoms with van der Waals surface area (Å²) in [5, 5.41) is 0. The molecule has 1 rings (SSSR count). The van der Waals surface area contributed by atoms with Crippen molar-refractivity contribution in [1.29, 1.82) is 0 Å². The monoisotopic (exact) mass is 295 g/mol. The fraction of sp³-hybridized carbons (Fsp3) is 0.429. The van der Waals surface area contributed by atoms with Crippen molar-refractivity contribution in [2.24, 2.45) is 5.73 Å². The summed E-state index contributed by atoms with van der Waals surface area (Å²) >= 11 is 4.81. The van der Waals surface area contributed by atoms with Crippen LogP contribution in [-0.2, 0) is 4.79 Å². The van der Waals surface area contributed by atoms with E-state index in [4.69, 9.17) is 22.7 Å². The van der Waals surface area contributed by atoms with Gasteiger partial charge in [-0.3, -0.25) is 4.79 Å². The number of nitrogens with zero attached hydrogens (tertiary/aromatic N) is 2. The van der Waals surface area contributed by atoms with Crippen molar-refractivity contribution in [1.82, 2.24) is 4.90 Å². The van der Waals surface area contributed by atoms with Crippen molar-refractivity contribution >= 4 is 28.8 Å². The van der Waals surface area contributed by atoms with Crippen molar-refractivity contribution in [3.63, 3.8) is 0 Å². The van der Waals surface area contributed by atoms with Gasteiger partial charge in [-0.25, -0.2) is 0 Å². The number of anilines is 1. The number of hydrogen-bond donors (Lipinski definition) is 1. The fourth-order valence-corrected chi connectivity index (χ4v) is 1.85. The van der Waals surface area contributed by atoms with Crippen molar-refractivity contribution in [3.8, 4) is 5.75 Å². The lowest BCUT2D eigenvalue weighted by Crippen LogP contribution is -2.38. The quantitative estimate of drug-likeness (QED) is 0.768. The molecule has 0 bridgehead atoms. The van der Waals surface area contributed by atoms with Crippen LogP contribution in [0.25, 0.3) is 0 Å².